The Balaban J connectivity index is 0.000000228. The van der Waals surface area contributed by atoms with E-state index >= 15 is 0 Å². The molecule has 0 aromatic heterocycles. The van der Waals surface area contributed by atoms with Gasteiger partial charge in [0.25, 0.3) is 0 Å². The van der Waals surface area contributed by atoms with Crippen LogP contribution >= 0.6 is 0 Å². The molecule has 60 heavy (non-hydrogen) atoms. The number of carbonyl (C=O) groups is 1. The number of carbonyl (C=O) groups excluding carboxylic acids is 1. The van der Waals surface area contributed by atoms with Gasteiger partial charge in [-0.1, -0.05) is 155 Å². The standard InChI is InChI=1S/C25H34O5.C25H32O5/c2*1-4-21-18(2)23(28-15-19-11-7-5-8-12-19)25(24(22(21)26)30-17-27-3)29-16-20-13-9-6-10-14-20/h5-14,18,21-26H,4,15-17H2,1-3H3;5-14,18,21,23-25H,4,15-17H2,1-3H3/t18-,21-,22+,23+,24-,25-;18-,21-,23+,24-,25-/m11/s1. The third kappa shape index (κ3) is 13.1. The van der Waals surface area contributed by atoms with Crippen LogP contribution < -0.4 is 0 Å². The molecule has 0 radical (unpaired) electrons. The van der Waals surface area contributed by atoms with Gasteiger partial charge in [0.1, 0.15) is 38.0 Å². The molecule has 2 aliphatic carbocycles. The zero-order valence-corrected chi connectivity index (χ0v) is 36.2. The fraction of sp³-hybridized carbons (Fsp3) is 0.500. The smallest absolute Gasteiger partial charge is 0.167 e. The van der Waals surface area contributed by atoms with Crippen LogP contribution in [0.1, 0.15) is 62.8 Å². The summed E-state index contributed by atoms with van der Waals surface area (Å²) in [6.07, 6.45) is -1.67. The number of ketones is 1. The second-order valence-corrected chi connectivity index (χ2v) is 15.8. The first kappa shape index (κ1) is 47.2. The van der Waals surface area contributed by atoms with E-state index in [9.17, 15) is 9.90 Å². The Bertz CT molecular complexity index is 1750. The van der Waals surface area contributed by atoms with Gasteiger partial charge in [-0.2, -0.15) is 0 Å². The van der Waals surface area contributed by atoms with Crippen molar-refractivity contribution in [1.82, 2.24) is 0 Å². The van der Waals surface area contributed by atoms with Crippen molar-refractivity contribution in [1.29, 1.82) is 0 Å². The molecule has 0 bridgehead atoms. The molecule has 326 valence electrons. The second kappa shape index (κ2) is 25.2. The predicted molar refractivity (Wildman–Crippen MR) is 230 cm³/mol. The van der Waals surface area contributed by atoms with E-state index in [2.05, 4.69) is 32.9 Å². The third-order valence-corrected chi connectivity index (χ3v) is 11.8. The number of aliphatic hydroxyl groups excluding tert-OH is 1. The molecular formula is C50H66O10. The van der Waals surface area contributed by atoms with Crippen LogP contribution in [0.15, 0.2) is 121 Å². The Labute approximate surface area is 357 Å². The maximum Gasteiger partial charge on any atom is 0.167 e. The minimum Gasteiger partial charge on any atom is -0.390 e. The van der Waals surface area contributed by atoms with Crippen molar-refractivity contribution in [3.63, 3.8) is 0 Å². The maximum absolute atomic E-state index is 13.2. The highest BCUT2D eigenvalue weighted by Crippen LogP contribution is 2.39. The summed E-state index contributed by atoms with van der Waals surface area (Å²) in [5, 5.41) is 11.1. The van der Waals surface area contributed by atoms with Gasteiger partial charge < -0.3 is 43.0 Å². The summed E-state index contributed by atoms with van der Waals surface area (Å²) in [7, 11) is 3.13. The van der Waals surface area contributed by atoms with Gasteiger partial charge in [-0.05, 0) is 46.4 Å². The predicted octanol–water partition coefficient (Wildman–Crippen LogP) is 8.57. The molecule has 0 heterocycles. The lowest BCUT2D eigenvalue weighted by Gasteiger charge is -2.48. The Kier molecular flexibility index (Phi) is 19.8. The number of ether oxygens (including phenoxy) is 8. The monoisotopic (exact) mass is 826 g/mol. The Hall–Kier alpha value is -3.81. The minimum absolute atomic E-state index is 0.0226. The van der Waals surface area contributed by atoms with Crippen LogP contribution in [0.2, 0.25) is 0 Å². The molecule has 10 nitrogen and oxygen atoms in total. The molecule has 0 unspecified atom stereocenters. The van der Waals surface area contributed by atoms with Crippen molar-refractivity contribution in [2.75, 3.05) is 27.8 Å². The molecule has 0 saturated heterocycles. The molecule has 1 N–H and O–H groups in total. The van der Waals surface area contributed by atoms with Crippen LogP contribution in [0.5, 0.6) is 0 Å². The number of Topliss-reactive ketones (excluding diaryl/α,β-unsaturated/α-hetero) is 1. The van der Waals surface area contributed by atoms with Gasteiger partial charge in [0.05, 0.1) is 44.7 Å². The van der Waals surface area contributed by atoms with Crippen LogP contribution in [0.4, 0.5) is 0 Å². The highest BCUT2D eigenvalue weighted by Gasteiger charge is 2.51. The van der Waals surface area contributed by atoms with Gasteiger partial charge in [-0.25, -0.2) is 0 Å². The highest BCUT2D eigenvalue weighted by atomic mass is 16.7. The first-order chi connectivity index (χ1) is 29.3. The average molecular weight is 827 g/mol. The van der Waals surface area contributed by atoms with Gasteiger partial charge in [0.2, 0.25) is 0 Å². The zero-order valence-electron chi connectivity index (χ0n) is 36.2. The average Bonchev–Trinajstić information content (AvgIpc) is 3.28. The number of hydrogen-bond acceptors (Lipinski definition) is 10. The summed E-state index contributed by atoms with van der Waals surface area (Å²) in [4.78, 5) is 13.2. The number of methoxy groups -OCH3 is 2. The van der Waals surface area contributed by atoms with Crippen LogP contribution in [0, 0.1) is 23.7 Å². The van der Waals surface area contributed by atoms with E-state index in [0.717, 1.165) is 35.1 Å². The van der Waals surface area contributed by atoms with Gasteiger partial charge in [-0.15, -0.1) is 0 Å². The lowest BCUT2D eigenvalue weighted by atomic mass is 9.72. The molecule has 2 fully saturated rings. The van der Waals surface area contributed by atoms with Crippen LogP contribution in [-0.2, 0) is 69.1 Å². The summed E-state index contributed by atoms with van der Waals surface area (Å²) < 4.78 is 47.4. The lowest BCUT2D eigenvalue weighted by molar-refractivity contribution is -0.247. The molecule has 10 heteroatoms. The van der Waals surface area contributed by atoms with E-state index < -0.39 is 30.5 Å². The highest BCUT2D eigenvalue weighted by molar-refractivity contribution is 5.87. The minimum atomic E-state index is -0.712. The maximum atomic E-state index is 13.2. The molecule has 0 amide bonds. The fourth-order valence-electron chi connectivity index (χ4n) is 8.59. The summed E-state index contributed by atoms with van der Waals surface area (Å²) in [6, 6.07) is 40.1. The third-order valence-electron chi connectivity index (χ3n) is 11.8. The molecular weight excluding hydrogens is 761 g/mol. The lowest BCUT2D eigenvalue weighted by Crippen LogP contribution is -2.60. The van der Waals surface area contributed by atoms with E-state index in [4.69, 9.17) is 37.9 Å². The van der Waals surface area contributed by atoms with Crippen LogP contribution in [-0.4, -0.2) is 81.4 Å². The Morgan fingerprint density at radius 2 is 0.850 bits per heavy atom. The van der Waals surface area contributed by atoms with Crippen molar-refractivity contribution in [3.05, 3.63) is 144 Å². The molecule has 6 rings (SSSR count). The van der Waals surface area contributed by atoms with E-state index in [1.54, 1.807) is 14.2 Å². The second-order valence-electron chi connectivity index (χ2n) is 15.8. The molecule has 2 saturated carbocycles. The SMILES string of the molecule is CC[C@@H]1[C@@H](C)[C@H](OCc2ccccc2)[C@@H](OCc2ccccc2)[C@H](OCOC)[C@H]1O.CC[C@H]1C(=O)[C@@H](OCOC)[C@H](OCc2ccccc2)[C@@H](OCc2ccccc2)[C@@H]1C. The van der Waals surface area contributed by atoms with Crippen molar-refractivity contribution >= 4 is 5.78 Å². The summed E-state index contributed by atoms with van der Waals surface area (Å²) in [6.45, 7) is 10.3. The van der Waals surface area contributed by atoms with Gasteiger partial charge >= 0.3 is 0 Å². The van der Waals surface area contributed by atoms with Crippen molar-refractivity contribution in [3.8, 4) is 0 Å². The molecule has 4 aromatic rings. The normalized spacial score (nSPS) is 27.9. The molecule has 2 aliphatic rings. The number of hydrogen-bond donors (Lipinski definition) is 1. The number of aliphatic hydroxyl groups is 1. The largest absolute Gasteiger partial charge is 0.390 e. The Morgan fingerprint density at radius 3 is 1.25 bits per heavy atom. The van der Waals surface area contributed by atoms with E-state index in [0.29, 0.717) is 26.4 Å². The van der Waals surface area contributed by atoms with E-state index in [1.807, 2.05) is 116 Å². The topological polar surface area (TPSA) is 111 Å². The van der Waals surface area contributed by atoms with Crippen molar-refractivity contribution < 1.29 is 47.8 Å². The first-order valence-corrected chi connectivity index (χ1v) is 21.4. The number of benzene rings is 4. The summed E-state index contributed by atoms with van der Waals surface area (Å²) in [5.74, 6) is 0.138. The van der Waals surface area contributed by atoms with Crippen molar-refractivity contribution in [2.24, 2.45) is 23.7 Å². The molecule has 4 aromatic carbocycles. The molecule has 0 aliphatic heterocycles. The van der Waals surface area contributed by atoms with Gasteiger partial charge in [-0.3, -0.25) is 4.79 Å². The number of rotatable bonds is 20. The Morgan fingerprint density at radius 1 is 0.467 bits per heavy atom. The first-order valence-electron chi connectivity index (χ1n) is 21.4. The quantitative estimate of drug-likeness (QED) is 0.0871. The molecule has 11 atom stereocenters. The summed E-state index contributed by atoms with van der Waals surface area (Å²) in [5.41, 5.74) is 4.32. The van der Waals surface area contributed by atoms with Gasteiger partial charge in [0, 0.05) is 20.1 Å². The van der Waals surface area contributed by atoms with Crippen LogP contribution in [0.3, 0.4) is 0 Å². The van der Waals surface area contributed by atoms with Crippen molar-refractivity contribution in [2.45, 2.75) is 110 Å². The fourth-order valence-corrected chi connectivity index (χ4v) is 8.59. The van der Waals surface area contributed by atoms with Crippen LogP contribution in [0.25, 0.3) is 0 Å². The zero-order chi connectivity index (χ0) is 42.7. The summed E-state index contributed by atoms with van der Waals surface area (Å²) >= 11 is 0. The van der Waals surface area contributed by atoms with Gasteiger partial charge in [0.15, 0.2) is 5.78 Å². The van der Waals surface area contributed by atoms with E-state index in [1.165, 1.54) is 0 Å². The van der Waals surface area contributed by atoms with E-state index in [-0.39, 0.29) is 55.2 Å². The molecule has 0 spiro atoms.